The molecule has 5 N–H and O–H groups in total. The first-order chi connectivity index (χ1) is 9.06. The molecule has 0 unspecified atom stereocenters. The maximum atomic E-state index is 10.7. The highest BCUT2D eigenvalue weighted by Gasteiger charge is 2.01. The van der Waals surface area contributed by atoms with Crippen LogP contribution >= 0.6 is 12.4 Å². The summed E-state index contributed by atoms with van der Waals surface area (Å²) < 4.78 is 0. The van der Waals surface area contributed by atoms with Gasteiger partial charge in [-0.25, -0.2) is 9.78 Å². The number of anilines is 2. The van der Waals surface area contributed by atoms with Gasteiger partial charge in [-0.15, -0.1) is 12.4 Å². The maximum absolute atomic E-state index is 10.7. The zero-order valence-electron chi connectivity index (χ0n) is 10.2. The molecule has 20 heavy (non-hydrogen) atoms. The van der Waals surface area contributed by atoms with Gasteiger partial charge in [-0.2, -0.15) is 4.98 Å². The molecule has 0 aliphatic rings. The predicted molar refractivity (Wildman–Crippen MR) is 78.8 cm³/mol. The Morgan fingerprint density at radius 3 is 2.45 bits per heavy atom. The normalized spacial score (nSPS) is 10.2. The molecule has 1 heterocycles. The highest BCUT2D eigenvalue weighted by molar-refractivity contribution is 5.89. The van der Waals surface area contributed by atoms with Crippen molar-refractivity contribution in [2.45, 2.75) is 0 Å². The third-order valence-corrected chi connectivity index (χ3v) is 2.33. The Kier molecular flexibility index (Phi) is 4.99. The van der Waals surface area contributed by atoms with E-state index in [1.54, 1.807) is 12.1 Å². The number of hydrogen-bond donors (Lipinski definition) is 3. The van der Waals surface area contributed by atoms with Crippen LogP contribution in [0.1, 0.15) is 15.9 Å². The van der Waals surface area contributed by atoms with Gasteiger partial charge < -0.3 is 16.6 Å². The summed E-state index contributed by atoms with van der Waals surface area (Å²) in [5, 5.41) is 8.76. The molecule has 2 aromatic rings. The Labute approximate surface area is 120 Å². The SMILES string of the molecule is Cl.Nc1ncc(C=Nc2ccc(C(=O)O)cc2)c(N)n1. The lowest BCUT2D eigenvalue weighted by molar-refractivity contribution is 0.0697. The van der Waals surface area contributed by atoms with Crippen LogP contribution in [-0.4, -0.2) is 27.3 Å². The van der Waals surface area contributed by atoms with Crippen molar-refractivity contribution in [1.82, 2.24) is 9.97 Å². The third kappa shape index (κ3) is 3.66. The highest BCUT2D eigenvalue weighted by Crippen LogP contribution is 2.14. The van der Waals surface area contributed by atoms with Crippen molar-refractivity contribution in [2.75, 3.05) is 11.5 Å². The topological polar surface area (TPSA) is 127 Å². The molecule has 0 radical (unpaired) electrons. The molecule has 0 fully saturated rings. The molecule has 1 aromatic heterocycles. The van der Waals surface area contributed by atoms with E-state index in [1.807, 2.05) is 0 Å². The Morgan fingerprint density at radius 1 is 1.25 bits per heavy atom. The Morgan fingerprint density at radius 2 is 1.90 bits per heavy atom. The minimum absolute atomic E-state index is 0. The van der Waals surface area contributed by atoms with Gasteiger partial charge in [0.05, 0.1) is 16.8 Å². The van der Waals surface area contributed by atoms with Gasteiger partial charge in [-0.05, 0) is 24.3 Å². The number of carbonyl (C=O) groups is 1. The zero-order valence-corrected chi connectivity index (χ0v) is 11.0. The molecule has 0 saturated heterocycles. The van der Waals surface area contributed by atoms with Crippen LogP contribution in [0.25, 0.3) is 0 Å². The molecule has 0 aliphatic heterocycles. The number of carboxylic acid groups (broad SMARTS) is 1. The molecule has 0 amide bonds. The molecule has 2 rings (SSSR count). The highest BCUT2D eigenvalue weighted by atomic mass is 35.5. The van der Waals surface area contributed by atoms with Crippen LogP contribution in [0, 0.1) is 0 Å². The number of benzene rings is 1. The van der Waals surface area contributed by atoms with E-state index < -0.39 is 5.97 Å². The first-order valence-corrected chi connectivity index (χ1v) is 5.31. The number of carboxylic acids is 1. The summed E-state index contributed by atoms with van der Waals surface area (Å²) in [5.41, 5.74) is 12.4. The van der Waals surface area contributed by atoms with Crippen LogP contribution in [0.5, 0.6) is 0 Å². The van der Waals surface area contributed by atoms with Crippen molar-refractivity contribution in [3.05, 3.63) is 41.6 Å². The van der Waals surface area contributed by atoms with Crippen molar-refractivity contribution in [2.24, 2.45) is 4.99 Å². The number of nitrogens with zero attached hydrogens (tertiary/aromatic N) is 3. The molecule has 8 heteroatoms. The second-order valence-electron chi connectivity index (χ2n) is 3.68. The van der Waals surface area contributed by atoms with E-state index in [0.29, 0.717) is 11.3 Å². The fourth-order valence-corrected chi connectivity index (χ4v) is 1.35. The lowest BCUT2D eigenvalue weighted by Gasteiger charge is -1.99. The smallest absolute Gasteiger partial charge is 0.335 e. The van der Waals surface area contributed by atoms with E-state index >= 15 is 0 Å². The van der Waals surface area contributed by atoms with Crippen LogP contribution in [-0.2, 0) is 0 Å². The molecule has 104 valence electrons. The second kappa shape index (κ2) is 6.48. The van der Waals surface area contributed by atoms with Crippen LogP contribution < -0.4 is 11.5 Å². The molecule has 1 aromatic carbocycles. The van der Waals surface area contributed by atoms with Gasteiger partial charge >= 0.3 is 5.97 Å². The van der Waals surface area contributed by atoms with E-state index in [0.717, 1.165) is 0 Å². The van der Waals surface area contributed by atoms with Gasteiger partial charge in [0.2, 0.25) is 5.95 Å². The Balaban J connectivity index is 0.00000200. The molecular weight excluding hydrogens is 282 g/mol. The van der Waals surface area contributed by atoms with E-state index in [2.05, 4.69) is 15.0 Å². The third-order valence-electron chi connectivity index (χ3n) is 2.33. The van der Waals surface area contributed by atoms with Gasteiger partial charge in [0.25, 0.3) is 0 Å². The number of nitrogens with two attached hydrogens (primary N) is 2. The van der Waals surface area contributed by atoms with Crippen molar-refractivity contribution < 1.29 is 9.90 Å². The first kappa shape index (κ1) is 15.4. The first-order valence-electron chi connectivity index (χ1n) is 5.31. The number of nitrogen functional groups attached to an aromatic ring is 2. The molecule has 0 aliphatic carbocycles. The Hall–Kier alpha value is -2.67. The Bertz CT molecular complexity index is 643. The molecular formula is C12H12ClN5O2. The fraction of sp³-hybridized carbons (Fsp3) is 0. The number of rotatable bonds is 3. The standard InChI is InChI=1S/C12H11N5O2.ClH/c13-10-8(6-16-12(14)17-10)5-15-9-3-1-7(2-4-9)11(18)19;/h1-6H,(H,18,19)(H4,13,14,16,17);1H. The van der Waals surface area contributed by atoms with Gasteiger partial charge in [-0.3, -0.25) is 4.99 Å². The monoisotopic (exact) mass is 293 g/mol. The van der Waals surface area contributed by atoms with E-state index in [4.69, 9.17) is 16.6 Å². The van der Waals surface area contributed by atoms with Crippen molar-refractivity contribution in [1.29, 1.82) is 0 Å². The van der Waals surface area contributed by atoms with Crippen LogP contribution in [0.15, 0.2) is 35.5 Å². The van der Waals surface area contributed by atoms with Crippen LogP contribution in [0.2, 0.25) is 0 Å². The lowest BCUT2D eigenvalue weighted by atomic mass is 10.2. The number of hydrogen-bond acceptors (Lipinski definition) is 6. The van der Waals surface area contributed by atoms with Crippen molar-refractivity contribution in [3.8, 4) is 0 Å². The fourth-order valence-electron chi connectivity index (χ4n) is 1.35. The quantitative estimate of drug-likeness (QED) is 0.736. The molecule has 0 atom stereocenters. The average Bonchev–Trinajstić information content (AvgIpc) is 2.38. The van der Waals surface area contributed by atoms with Gasteiger partial charge in [0.1, 0.15) is 5.82 Å². The summed E-state index contributed by atoms with van der Waals surface area (Å²) in [6.07, 6.45) is 2.96. The van der Waals surface area contributed by atoms with Crippen LogP contribution in [0.3, 0.4) is 0 Å². The summed E-state index contributed by atoms with van der Waals surface area (Å²) in [6.45, 7) is 0. The molecule has 0 bridgehead atoms. The number of halogens is 1. The van der Waals surface area contributed by atoms with Gasteiger partial charge in [0, 0.05) is 12.4 Å². The molecule has 0 spiro atoms. The summed E-state index contributed by atoms with van der Waals surface area (Å²) in [5.74, 6) is -0.648. The van der Waals surface area contributed by atoms with Gasteiger partial charge in [-0.1, -0.05) is 0 Å². The molecule has 0 saturated carbocycles. The summed E-state index contributed by atoms with van der Waals surface area (Å²) >= 11 is 0. The van der Waals surface area contributed by atoms with E-state index in [9.17, 15) is 4.79 Å². The second-order valence-corrected chi connectivity index (χ2v) is 3.68. The van der Waals surface area contributed by atoms with Crippen molar-refractivity contribution in [3.63, 3.8) is 0 Å². The predicted octanol–water partition coefficient (Wildman–Crippen LogP) is 1.51. The van der Waals surface area contributed by atoms with E-state index in [1.165, 1.54) is 24.5 Å². The van der Waals surface area contributed by atoms with Crippen molar-refractivity contribution >= 4 is 42.0 Å². The number of aromatic carboxylic acids is 1. The summed E-state index contributed by atoms with van der Waals surface area (Å²) in [7, 11) is 0. The lowest BCUT2D eigenvalue weighted by Crippen LogP contribution is -2.02. The van der Waals surface area contributed by atoms with Gasteiger partial charge in [0.15, 0.2) is 0 Å². The molecule has 7 nitrogen and oxygen atoms in total. The van der Waals surface area contributed by atoms with Crippen LogP contribution in [0.4, 0.5) is 17.5 Å². The minimum atomic E-state index is -0.980. The van der Waals surface area contributed by atoms with E-state index in [-0.39, 0.29) is 29.7 Å². The largest absolute Gasteiger partial charge is 0.478 e. The zero-order chi connectivity index (χ0) is 13.8. The average molecular weight is 294 g/mol. The number of aromatic nitrogens is 2. The summed E-state index contributed by atoms with van der Waals surface area (Å²) in [4.78, 5) is 22.4. The summed E-state index contributed by atoms with van der Waals surface area (Å²) in [6, 6.07) is 6.12. The maximum Gasteiger partial charge on any atom is 0.335 e. The minimum Gasteiger partial charge on any atom is -0.478 e. The number of aliphatic imine (C=N–C) groups is 1.